The zero-order valence-electron chi connectivity index (χ0n) is 24.5. The maximum Gasteiger partial charge on any atom is 0.259 e. The number of halogens is 1. The summed E-state index contributed by atoms with van der Waals surface area (Å²) in [5.74, 6) is 2.49. The number of fused-ring (bicyclic) bond motifs is 2. The smallest absolute Gasteiger partial charge is 0.259 e. The van der Waals surface area contributed by atoms with Gasteiger partial charge in [-0.25, -0.2) is 0 Å². The van der Waals surface area contributed by atoms with Gasteiger partial charge in [0, 0.05) is 38.4 Å². The lowest BCUT2D eigenvalue weighted by Gasteiger charge is -2.41. The summed E-state index contributed by atoms with van der Waals surface area (Å²) >= 11 is 6.30. The van der Waals surface area contributed by atoms with Crippen LogP contribution in [0.5, 0.6) is 0 Å². The number of amides is 1. The van der Waals surface area contributed by atoms with Crippen LogP contribution in [0, 0.1) is 26.2 Å². The number of hydrogen-bond acceptors (Lipinski definition) is 4. The summed E-state index contributed by atoms with van der Waals surface area (Å²) in [6.07, 6.45) is 2.07. The largest absolute Gasteiger partial charge is 0.464 e. The van der Waals surface area contributed by atoms with Gasteiger partial charge in [-0.05, 0) is 74.6 Å². The Morgan fingerprint density at radius 3 is 2.33 bits per heavy atom. The van der Waals surface area contributed by atoms with E-state index < -0.39 is 0 Å². The number of furan rings is 1. The van der Waals surface area contributed by atoms with E-state index in [1.807, 2.05) is 56.9 Å². The Hall–Kier alpha value is -3.57. The van der Waals surface area contributed by atoms with E-state index in [1.54, 1.807) is 0 Å². The van der Waals surface area contributed by atoms with E-state index in [1.165, 1.54) is 5.56 Å². The Bertz CT molecular complexity index is 1610. The summed E-state index contributed by atoms with van der Waals surface area (Å²) in [4.78, 5) is 26.5. The van der Waals surface area contributed by atoms with E-state index >= 15 is 0 Å². The molecule has 40 heavy (non-hydrogen) atoms. The first-order valence-corrected chi connectivity index (χ1v) is 14.2. The predicted octanol–water partition coefficient (Wildman–Crippen LogP) is 8.28. The normalized spacial score (nSPS) is 19.0. The molecule has 3 aromatic rings. The van der Waals surface area contributed by atoms with E-state index in [4.69, 9.17) is 16.0 Å². The van der Waals surface area contributed by atoms with Crippen LogP contribution in [-0.2, 0) is 11.3 Å². The average molecular weight is 557 g/mol. The Kier molecular flexibility index (Phi) is 7.08. The van der Waals surface area contributed by atoms with Crippen molar-refractivity contribution in [3.8, 4) is 0 Å². The van der Waals surface area contributed by atoms with Crippen molar-refractivity contribution < 1.29 is 14.0 Å². The van der Waals surface area contributed by atoms with Crippen LogP contribution in [0.2, 0.25) is 5.02 Å². The number of carbonyl (C=O) groups excluding carboxylic acids is 2. The van der Waals surface area contributed by atoms with Gasteiger partial charge in [0.1, 0.15) is 11.5 Å². The molecule has 0 fully saturated rings. The van der Waals surface area contributed by atoms with Gasteiger partial charge < -0.3 is 14.6 Å². The van der Waals surface area contributed by atoms with Crippen molar-refractivity contribution in [2.45, 2.75) is 73.9 Å². The number of Topliss-reactive ketones (excluding diaryl/α,β-unsaturated/α-hetero) is 1. The Morgan fingerprint density at radius 2 is 1.70 bits per heavy atom. The van der Waals surface area contributed by atoms with E-state index in [0.717, 1.165) is 56.3 Å². The molecule has 1 aliphatic carbocycles. The van der Waals surface area contributed by atoms with Crippen LogP contribution in [0.4, 0.5) is 5.69 Å². The van der Waals surface area contributed by atoms with Crippen molar-refractivity contribution in [3.05, 3.63) is 110 Å². The molecule has 1 atom stereocenters. The highest BCUT2D eigenvalue weighted by atomic mass is 35.5. The van der Waals surface area contributed by atoms with Crippen LogP contribution in [0.25, 0.3) is 0 Å². The molecule has 3 heterocycles. The lowest BCUT2D eigenvalue weighted by atomic mass is 9.72. The number of nitrogens with zero attached hydrogens (tertiary/aromatic N) is 1. The molecular weight excluding hydrogens is 520 g/mol. The summed E-state index contributed by atoms with van der Waals surface area (Å²) in [5.41, 5.74) is 8.54. The molecule has 1 aromatic heterocycles. The summed E-state index contributed by atoms with van der Waals surface area (Å²) in [5, 5.41) is 4.12. The van der Waals surface area contributed by atoms with E-state index in [2.05, 4.69) is 57.3 Å². The predicted molar refractivity (Wildman–Crippen MR) is 161 cm³/mol. The number of allylic oxidation sites excluding steroid dienone is 2. The summed E-state index contributed by atoms with van der Waals surface area (Å²) in [6, 6.07) is 14.2. The molecule has 0 radical (unpaired) electrons. The molecule has 0 spiro atoms. The van der Waals surface area contributed by atoms with Crippen molar-refractivity contribution in [1.29, 1.82) is 0 Å². The fourth-order valence-corrected chi connectivity index (χ4v) is 5.97. The first-order valence-electron chi connectivity index (χ1n) is 13.8. The number of benzene rings is 2. The highest BCUT2D eigenvalue weighted by Crippen LogP contribution is 2.46. The third kappa shape index (κ3) is 4.71. The molecule has 0 saturated heterocycles. The number of rotatable bonds is 3. The molecule has 3 aliphatic rings. The van der Waals surface area contributed by atoms with Crippen molar-refractivity contribution in [1.82, 2.24) is 5.32 Å². The number of aryl methyl sites for hydroxylation is 3. The molecule has 0 saturated carbocycles. The van der Waals surface area contributed by atoms with E-state index in [-0.39, 0.29) is 23.1 Å². The van der Waals surface area contributed by atoms with Crippen LogP contribution >= 0.6 is 11.6 Å². The van der Waals surface area contributed by atoms with Gasteiger partial charge in [0.25, 0.3) is 5.91 Å². The highest BCUT2D eigenvalue weighted by Gasteiger charge is 2.43. The molecule has 6 rings (SSSR count). The molecule has 5 nitrogen and oxygen atoms in total. The van der Waals surface area contributed by atoms with Crippen LogP contribution in [0.1, 0.15) is 90.7 Å². The minimum absolute atomic E-state index is 0.0546. The van der Waals surface area contributed by atoms with E-state index in [9.17, 15) is 9.59 Å². The molecule has 1 amide bonds. The molecule has 6 heteroatoms. The quantitative estimate of drug-likeness (QED) is 0.352. The summed E-state index contributed by atoms with van der Waals surface area (Å²) in [7, 11) is 0. The number of nitrogens with one attached hydrogen (secondary N) is 1. The van der Waals surface area contributed by atoms with Gasteiger partial charge in [-0.15, -0.1) is 0 Å². The second-order valence-corrected chi connectivity index (χ2v) is 12.5. The molecule has 2 aliphatic heterocycles. The topological polar surface area (TPSA) is 62.6 Å². The van der Waals surface area contributed by atoms with E-state index in [0.29, 0.717) is 17.5 Å². The third-order valence-corrected chi connectivity index (χ3v) is 8.61. The lowest BCUT2D eigenvalue weighted by molar-refractivity contribution is -0.113. The van der Waals surface area contributed by atoms with Crippen molar-refractivity contribution >= 4 is 29.0 Å². The van der Waals surface area contributed by atoms with Crippen molar-refractivity contribution in [2.24, 2.45) is 5.41 Å². The van der Waals surface area contributed by atoms with Gasteiger partial charge in [-0.1, -0.05) is 63.6 Å². The van der Waals surface area contributed by atoms with Crippen molar-refractivity contribution in [3.63, 3.8) is 0 Å². The number of hydrogen-bond donors (Lipinski definition) is 1. The van der Waals surface area contributed by atoms with Crippen molar-refractivity contribution in [2.75, 3.05) is 4.90 Å². The molecule has 1 N–H and O–H groups in total. The van der Waals surface area contributed by atoms with Crippen LogP contribution in [-0.4, -0.2) is 11.7 Å². The Morgan fingerprint density at radius 1 is 1.00 bits per heavy atom. The maximum atomic E-state index is 12.9. The monoisotopic (exact) mass is 556 g/mol. The molecular formula is C34H37ClN2O3. The van der Waals surface area contributed by atoms with Gasteiger partial charge in [-0.2, -0.15) is 0 Å². The first-order chi connectivity index (χ1) is 18.8. The minimum atomic E-state index is -0.139. The van der Waals surface area contributed by atoms with Crippen LogP contribution in [0.3, 0.4) is 0 Å². The zero-order chi connectivity index (χ0) is 29.1. The molecule has 0 bridgehead atoms. The van der Waals surface area contributed by atoms with Crippen LogP contribution < -0.4 is 10.2 Å². The first kappa shape index (κ1) is 28.0. The second-order valence-electron chi connectivity index (χ2n) is 12.0. The van der Waals surface area contributed by atoms with Gasteiger partial charge in [-0.3, -0.25) is 9.59 Å². The number of anilines is 1. The third-order valence-electron chi connectivity index (χ3n) is 8.25. The molecule has 2 aromatic carbocycles. The zero-order valence-corrected chi connectivity index (χ0v) is 25.3. The molecule has 0 unspecified atom stereocenters. The summed E-state index contributed by atoms with van der Waals surface area (Å²) in [6.45, 7) is 16.9. The van der Waals surface area contributed by atoms with Gasteiger partial charge in [0.15, 0.2) is 5.78 Å². The SMILES string of the molecule is CC1=C2N[C@@H](c3ccc(C)o3)C(C)(C)C=C2C1=O.Cc1ccc(C(C)C)cc1N1Cc2c(Cl)ccc(C)c2C1=O. The number of carbonyl (C=O) groups is 2. The van der Waals surface area contributed by atoms with Crippen LogP contribution in [0.15, 0.2) is 69.8 Å². The van der Waals surface area contributed by atoms with Gasteiger partial charge in [0.2, 0.25) is 0 Å². The van der Waals surface area contributed by atoms with Gasteiger partial charge >= 0.3 is 0 Å². The summed E-state index contributed by atoms with van der Waals surface area (Å²) < 4.78 is 5.73. The van der Waals surface area contributed by atoms with Gasteiger partial charge in [0.05, 0.1) is 18.3 Å². The fraction of sp³-hybridized carbons (Fsp3) is 0.353. The second kappa shape index (κ2) is 10.1. The number of ketones is 1. The maximum absolute atomic E-state index is 12.9. The minimum Gasteiger partial charge on any atom is -0.464 e. The Balaban J connectivity index is 0.000000164. The Labute approximate surface area is 241 Å². The average Bonchev–Trinajstić information content (AvgIpc) is 3.49. The standard InChI is InChI=1S/C19H20ClNO.C15H17NO2/c1-11(2)14-7-5-12(3)17(9-14)21-10-15-16(20)8-6-13(4)18(15)19(21)22;1-8-5-6-11(18-8)14-15(3,4)7-10-12(16-14)9(2)13(10)17/h5-9,11H,10H2,1-4H3;5-7,14,16H,1-4H3/t;14-/m.0/s1. The lowest BCUT2D eigenvalue weighted by Crippen LogP contribution is -2.43. The fourth-order valence-electron chi connectivity index (χ4n) is 5.75. The highest BCUT2D eigenvalue weighted by molar-refractivity contribution is 6.32. The molecule has 208 valence electrons.